The molecule has 3 rings (SSSR count). The van der Waals surface area contributed by atoms with Crippen molar-refractivity contribution < 1.29 is 18.7 Å². The lowest BCUT2D eigenvalue weighted by molar-refractivity contribution is -0.147. The molecule has 7 heteroatoms. The molecule has 0 bridgehead atoms. The van der Waals surface area contributed by atoms with Gasteiger partial charge in [0.05, 0.1) is 7.11 Å². The highest BCUT2D eigenvalue weighted by molar-refractivity contribution is 7.99. The van der Waals surface area contributed by atoms with Crippen LogP contribution < -0.4 is 4.74 Å². The number of esters is 1. The summed E-state index contributed by atoms with van der Waals surface area (Å²) in [5.74, 6) is 1.75. The topological polar surface area (TPSA) is 74.5 Å². The van der Waals surface area contributed by atoms with E-state index in [0.29, 0.717) is 17.0 Å². The Hall–Kier alpha value is -2.02. The SMILES string of the molecule is COc1ccc(-c2nnc(SCC(=O)OC3CCCC(C)C3)o2)cc1. The molecule has 0 amide bonds. The number of rotatable bonds is 6. The van der Waals surface area contributed by atoms with Gasteiger partial charge in [0.1, 0.15) is 17.6 Å². The van der Waals surface area contributed by atoms with Crippen LogP contribution in [0, 0.1) is 5.92 Å². The number of hydrogen-bond acceptors (Lipinski definition) is 7. The molecule has 1 heterocycles. The Morgan fingerprint density at radius 1 is 1.28 bits per heavy atom. The van der Waals surface area contributed by atoms with E-state index in [-0.39, 0.29) is 17.8 Å². The van der Waals surface area contributed by atoms with Gasteiger partial charge in [-0.3, -0.25) is 4.79 Å². The smallest absolute Gasteiger partial charge is 0.316 e. The Kier molecular flexibility index (Phi) is 5.96. The average molecular weight is 362 g/mol. The molecule has 25 heavy (non-hydrogen) atoms. The van der Waals surface area contributed by atoms with E-state index in [9.17, 15) is 4.79 Å². The molecule has 1 aromatic heterocycles. The van der Waals surface area contributed by atoms with Gasteiger partial charge in [-0.25, -0.2) is 0 Å². The first-order valence-electron chi connectivity index (χ1n) is 8.44. The van der Waals surface area contributed by atoms with Crippen LogP contribution in [0.5, 0.6) is 5.75 Å². The highest BCUT2D eigenvalue weighted by atomic mass is 32.2. The van der Waals surface area contributed by atoms with Crippen molar-refractivity contribution in [2.45, 2.75) is 43.9 Å². The van der Waals surface area contributed by atoms with Crippen molar-refractivity contribution in [3.05, 3.63) is 24.3 Å². The standard InChI is InChI=1S/C18H22N2O4S/c1-12-4-3-5-15(10-12)23-16(21)11-25-18-20-19-17(24-18)13-6-8-14(22-2)9-7-13/h6-9,12,15H,3-5,10-11H2,1-2H3. The maximum absolute atomic E-state index is 12.0. The van der Waals surface area contributed by atoms with Gasteiger partial charge in [-0.05, 0) is 49.4 Å². The third-order valence-corrected chi connectivity index (χ3v) is 5.04. The van der Waals surface area contributed by atoms with E-state index in [4.69, 9.17) is 13.9 Å². The van der Waals surface area contributed by atoms with E-state index in [2.05, 4.69) is 17.1 Å². The predicted molar refractivity (Wildman–Crippen MR) is 94.5 cm³/mol. The molecule has 0 N–H and O–H groups in total. The maximum atomic E-state index is 12.0. The summed E-state index contributed by atoms with van der Waals surface area (Å²) in [6.07, 6.45) is 4.32. The van der Waals surface area contributed by atoms with Gasteiger partial charge < -0.3 is 13.9 Å². The number of benzene rings is 1. The molecule has 1 saturated carbocycles. The van der Waals surface area contributed by atoms with Crippen molar-refractivity contribution in [1.82, 2.24) is 10.2 Å². The molecule has 6 nitrogen and oxygen atoms in total. The third-order valence-electron chi connectivity index (χ3n) is 4.24. The third kappa shape index (κ3) is 4.98. The van der Waals surface area contributed by atoms with E-state index in [1.54, 1.807) is 7.11 Å². The van der Waals surface area contributed by atoms with Gasteiger partial charge in [0, 0.05) is 5.56 Å². The van der Waals surface area contributed by atoms with Crippen LogP contribution in [0.4, 0.5) is 0 Å². The molecular weight excluding hydrogens is 340 g/mol. The maximum Gasteiger partial charge on any atom is 0.316 e. The van der Waals surface area contributed by atoms with Crippen molar-refractivity contribution in [2.75, 3.05) is 12.9 Å². The Morgan fingerprint density at radius 3 is 2.80 bits per heavy atom. The fraction of sp³-hybridized carbons (Fsp3) is 0.500. The summed E-state index contributed by atoms with van der Waals surface area (Å²) in [7, 11) is 1.61. The highest BCUT2D eigenvalue weighted by Crippen LogP contribution is 2.27. The lowest BCUT2D eigenvalue weighted by atomic mass is 9.89. The predicted octanol–water partition coefficient (Wildman–Crippen LogP) is 3.96. The summed E-state index contributed by atoms with van der Waals surface area (Å²) >= 11 is 1.20. The van der Waals surface area contributed by atoms with Crippen LogP contribution in [-0.4, -0.2) is 35.1 Å². The number of nitrogens with zero attached hydrogens (tertiary/aromatic N) is 2. The van der Waals surface area contributed by atoms with Crippen LogP contribution in [0.2, 0.25) is 0 Å². The zero-order chi connectivity index (χ0) is 17.6. The fourth-order valence-electron chi connectivity index (χ4n) is 2.94. The molecular formula is C18H22N2O4S. The molecule has 0 aliphatic heterocycles. The minimum atomic E-state index is -0.228. The number of aromatic nitrogens is 2. The molecule has 1 aliphatic carbocycles. The number of ether oxygens (including phenoxy) is 2. The zero-order valence-electron chi connectivity index (χ0n) is 14.4. The molecule has 2 atom stereocenters. The summed E-state index contributed by atoms with van der Waals surface area (Å²) in [5.41, 5.74) is 0.805. The van der Waals surface area contributed by atoms with Gasteiger partial charge in [-0.2, -0.15) is 0 Å². The molecule has 0 spiro atoms. The highest BCUT2D eigenvalue weighted by Gasteiger charge is 2.22. The van der Waals surface area contributed by atoms with Crippen molar-refractivity contribution in [3.63, 3.8) is 0 Å². The quantitative estimate of drug-likeness (QED) is 0.569. The van der Waals surface area contributed by atoms with E-state index in [1.807, 2.05) is 24.3 Å². The molecule has 0 radical (unpaired) electrons. The van der Waals surface area contributed by atoms with Crippen molar-refractivity contribution in [1.29, 1.82) is 0 Å². The van der Waals surface area contributed by atoms with Gasteiger partial charge in [0.2, 0.25) is 5.89 Å². The number of carbonyl (C=O) groups excluding carboxylic acids is 1. The van der Waals surface area contributed by atoms with Gasteiger partial charge in [0.15, 0.2) is 0 Å². The summed E-state index contributed by atoms with van der Waals surface area (Å²) in [5, 5.41) is 8.35. The fourth-order valence-corrected chi connectivity index (χ4v) is 3.49. The first-order chi connectivity index (χ1) is 12.1. The second kappa shape index (κ2) is 8.38. The Morgan fingerprint density at radius 2 is 2.08 bits per heavy atom. The van der Waals surface area contributed by atoms with E-state index >= 15 is 0 Å². The van der Waals surface area contributed by atoms with Crippen LogP contribution in [0.3, 0.4) is 0 Å². The number of hydrogen-bond donors (Lipinski definition) is 0. The normalized spacial score (nSPS) is 20.2. The van der Waals surface area contributed by atoms with Crippen LogP contribution >= 0.6 is 11.8 Å². The molecule has 1 aromatic carbocycles. The minimum Gasteiger partial charge on any atom is -0.497 e. The summed E-state index contributed by atoms with van der Waals surface area (Å²) in [4.78, 5) is 12.0. The number of carbonyl (C=O) groups is 1. The summed E-state index contributed by atoms with van der Waals surface area (Å²) < 4.78 is 16.3. The van der Waals surface area contributed by atoms with Crippen LogP contribution in [0.25, 0.3) is 11.5 Å². The van der Waals surface area contributed by atoms with Gasteiger partial charge in [-0.15, -0.1) is 10.2 Å². The Balaban J connectivity index is 1.50. The number of thioether (sulfide) groups is 1. The monoisotopic (exact) mass is 362 g/mol. The minimum absolute atomic E-state index is 0.0504. The first kappa shape index (κ1) is 17.8. The molecule has 1 aliphatic rings. The van der Waals surface area contributed by atoms with Crippen molar-refractivity contribution >= 4 is 17.7 Å². The zero-order valence-corrected chi connectivity index (χ0v) is 15.3. The van der Waals surface area contributed by atoms with E-state index in [0.717, 1.165) is 30.6 Å². The molecule has 1 fully saturated rings. The van der Waals surface area contributed by atoms with Gasteiger partial charge >= 0.3 is 5.97 Å². The first-order valence-corrected chi connectivity index (χ1v) is 9.43. The lowest BCUT2D eigenvalue weighted by Crippen LogP contribution is -2.25. The van der Waals surface area contributed by atoms with Crippen LogP contribution in [-0.2, 0) is 9.53 Å². The van der Waals surface area contributed by atoms with Crippen LogP contribution in [0.15, 0.2) is 33.9 Å². The summed E-state index contributed by atoms with van der Waals surface area (Å²) in [6.45, 7) is 2.20. The molecule has 134 valence electrons. The van der Waals surface area contributed by atoms with E-state index < -0.39 is 0 Å². The molecule has 2 aromatic rings. The Bertz CT molecular complexity index is 701. The van der Waals surface area contributed by atoms with Gasteiger partial charge in [-0.1, -0.05) is 25.1 Å². The van der Waals surface area contributed by atoms with Crippen molar-refractivity contribution in [3.8, 4) is 17.2 Å². The van der Waals surface area contributed by atoms with Gasteiger partial charge in [0.25, 0.3) is 5.22 Å². The second-order valence-electron chi connectivity index (χ2n) is 6.27. The summed E-state index contributed by atoms with van der Waals surface area (Å²) in [6, 6.07) is 7.35. The largest absolute Gasteiger partial charge is 0.497 e. The number of methoxy groups -OCH3 is 1. The van der Waals surface area contributed by atoms with Crippen LogP contribution in [0.1, 0.15) is 32.6 Å². The lowest BCUT2D eigenvalue weighted by Gasteiger charge is -2.26. The van der Waals surface area contributed by atoms with Crippen molar-refractivity contribution in [2.24, 2.45) is 5.92 Å². The average Bonchev–Trinajstić information content (AvgIpc) is 3.09. The van der Waals surface area contributed by atoms with E-state index in [1.165, 1.54) is 18.2 Å². The Labute approximate surface area is 151 Å². The second-order valence-corrected chi connectivity index (χ2v) is 7.20. The molecule has 0 saturated heterocycles. The molecule has 2 unspecified atom stereocenters.